The molecule has 1 aliphatic carbocycles. The van der Waals surface area contributed by atoms with Gasteiger partial charge < -0.3 is 26.0 Å². The summed E-state index contributed by atoms with van der Waals surface area (Å²) in [5.41, 5.74) is 2.17. The maximum absolute atomic E-state index is 11.2. The van der Waals surface area contributed by atoms with Crippen LogP contribution in [0, 0.1) is 10.1 Å². The molecule has 0 spiro atoms. The minimum atomic E-state index is -0.491. The van der Waals surface area contributed by atoms with Gasteiger partial charge in [-0.25, -0.2) is 4.63 Å². The Labute approximate surface area is 249 Å². The molecular weight excluding hydrogens is 552 g/mol. The van der Waals surface area contributed by atoms with E-state index in [0.717, 1.165) is 56.4 Å². The van der Waals surface area contributed by atoms with E-state index in [-0.39, 0.29) is 11.2 Å². The quantitative estimate of drug-likeness (QED) is 0.0703. The van der Waals surface area contributed by atoms with Gasteiger partial charge >= 0.3 is 5.69 Å². The van der Waals surface area contributed by atoms with Crippen molar-refractivity contribution in [1.82, 2.24) is 25.3 Å². The second kappa shape index (κ2) is 14.9. The highest BCUT2D eigenvalue weighted by Gasteiger charge is 2.19. The Kier molecular flexibility index (Phi) is 10.3. The number of unbranched alkanes of at least 4 members (excludes halogenated alkanes) is 3. The molecule has 1 saturated carbocycles. The number of nitrogens with one attached hydrogen (secondary N) is 4. The number of ether oxygens (including phenoxy) is 1. The lowest BCUT2D eigenvalue weighted by atomic mass is 9.96. The Morgan fingerprint density at radius 1 is 0.837 bits per heavy atom. The molecule has 4 N–H and O–H groups in total. The number of hydrogen-bond donors (Lipinski definition) is 4. The van der Waals surface area contributed by atoms with Gasteiger partial charge in [0.2, 0.25) is 23.4 Å². The van der Waals surface area contributed by atoms with Crippen molar-refractivity contribution in [3.05, 3.63) is 52.1 Å². The lowest BCUT2D eigenvalue weighted by Gasteiger charge is -2.23. The third kappa shape index (κ3) is 8.40. The summed E-state index contributed by atoms with van der Waals surface area (Å²) in [5.74, 6) is 2.49. The SMILES string of the molecule is COc1ccc(CNc2nc(NCCCCCCNc3ccc([N+](=O)[O-])c4nonc34)nc(NC3CCCCC3)n2)cc1. The average Bonchev–Trinajstić information content (AvgIpc) is 3.52. The van der Waals surface area contributed by atoms with Crippen LogP contribution >= 0.6 is 0 Å². The Bertz CT molecular complexity index is 1470. The maximum atomic E-state index is 11.2. The van der Waals surface area contributed by atoms with Crippen LogP contribution in [0.25, 0.3) is 11.0 Å². The molecule has 2 aromatic carbocycles. The number of methoxy groups -OCH3 is 1. The van der Waals surface area contributed by atoms with Gasteiger partial charge in [0.1, 0.15) is 5.75 Å². The Morgan fingerprint density at radius 2 is 1.51 bits per heavy atom. The molecule has 0 aliphatic heterocycles. The minimum Gasteiger partial charge on any atom is -0.497 e. The molecule has 0 saturated heterocycles. The molecule has 1 aliphatic rings. The molecule has 0 unspecified atom stereocenters. The van der Waals surface area contributed by atoms with Crippen LogP contribution < -0.4 is 26.0 Å². The number of aromatic nitrogens is 5. The van der Waals surface area contributed by atoms with Crippen molar-refractivity contribution in [2.24, 2.45) is 0 Å². The highest BCUT2D eigenvalue weighted by Crippen LogP contribution is 2.28. The predicted molar refractivity (Wildman–Crippen MR) is 165 cm³/mol. The molecule has 14 nitrogen and oxygen atoms in total. The number of nitro benzene ring substituents is 1. The lowest BCUT2D eigenvalue weighted by molar-refractivity contribution is -0.383. The zero-order valence-corrected chi connectivity index (χ0v) is 24.3. The van der Waals surface area contributed by atoms with Gasteiger partial charge in [0, 0.05) is 31.7 Å². The molecular formula is C29H38N10O4. The van der Waals surface area contributed by atoms with Crippen LogP contribution in [0.3, 0.4) is 0 Å². The third-order valence-electron chi connectivity index (χ3n) is 7.48. The topological polar surface area (TPSA) is 178 Å². The Balaban J connectivity index is 1.08. The zero-order valence-electron chi connectivity index (χ0n) is 24.3. The normalized spacial score (nSPS) is 13.5. The van der Waals surface area contributed by atoms with E-state index in [0.29, 0.717) is 48.2 Å². The summed E-state index contributed by atoms with van der Waals surface area (Å²) in [6.45, 7) is 2.04. The summed E-state index contributed by atoms with van der Waals surface area (Å²) in [6.07, 6.45) is 9.92. The van der Waals surface area contributed by atoms with Crippen LogP contribution in [0.2, 0.25) is 0 Å². The van der Waals surface area contributed by atoms with Gasteiger partial charge in [-0.05, 0) is 59.8 Å². The molecule has 43 heavy (non-hydrogen) atoms. The van der Waals surface area contributed by atoms with Crippen LogP contribution in [0.15, 0.2) is 41.0 Å². The first kappa shape index (κ1) is 29.7. The van der Waals surface area contributed by atoms with Gasteiger partial charge in [-0.1, -0.05) is 44.2 Å². The van der Waals surface area contributed by atoms with Gasteiger partial charge in [0.05, 0.1) is 17.7 Å². The molecule has 4 aromatic rings. The molecule has 14 heteroatoms. The summed E-state index contributed by atoms with van der Waals surface area (Å²) >= 11 is 0. The number of nitro groups is 1. The highest BCUT2D eigenvalue weighted by atomic mass is 16.6. The van der Waals surface area contributed by atoms with Gasteiger partial charge in [0.25, 0.3) is 0 Å². The van der Waals surface area contributed by atoms with Crippen molar-refractivity contribution in [1.29, 1.82) is 0 Å². The van der Waals surface area contributed by atoms with Crippen LogP contribution in [-0.2, 0) is 6.54 Å². The van der Waals surface area contributed by atoms with E-state index < -0.39 is 4.92 Å². The zero-order chi connectivity index (χ0) is 29.9. The fraction of sp³-hybridized carbons (Fsp3) is 0.483. The van der Waals surface area contributed by atoms with Crippen molar-refractivity contribution >= 4 is 40.3 Å². The highest BCUT2D eigenvalue weighted by molar-refractivity contribution is 5.93. The Hall–Kier alpha value is -4.75. The molecule has 0 amide bonds. The van der Waals surface area contributed by atoms with E-state index in [2.05, 4.69) is 46.5 Å². The summed E-state index contributed by atoms with van der Waals surface area (Å²) in [5, 5.41) is 32.2. The van der Waals surface area contributed by atoms with Crippen LogP contribution in [0.5, 0.6) is 5.75 Å². The molecule has 0 bridgehead atoms. The molecule has 1 fully saturated rings. The van der Waals surface area contributed by atoms with Crippen molar-refractivity contribution in [2.45, 2.75) is 70.4 Å². The number of fused-ring (bicyclic) bond motifs is 1. The summed E-state index contributed by atoms with van der Waals surface area (Å²) in [6, 6.07) is 11.3. The third-order valence-corrected chi connectivity index (χ3v) is 7.48. The van der Waals surface area contributed by atoms with Gasteiger partial charge in [0.15, 0.2) is 5.52 Å². The Morgan fingerprint density at radius 3 is 2.23 bits per heavy atom. The summed E-state index contributed by atoms with van der Waals surface area (Å²) in [7, 11) is 1.66. The number of anilines is 4. The maximum Gasteiger partial charge on any atom is 0.300 e. The fourth-order valence-electron chi connectivity index (χ4n) is 5.12. The summed E-state index contributed by atoms with van der Waals surface area (Å²) < 4.78 is 9.97. The van der Waals surface area contributed by atoms with Gasteiger partial charge in [-0.2, -0.15) is 15.0 Å². The van der Waals surface area contributed by atoms with Crippen molar-refractivity contribution in [3.63, 3.8) is 0 Å². The van der Waals surface area contributed by atoms with Crippen molar-refractivity contribution in [3.8, 4) is 5.75 Å². The minimum absolute atomic E-state index is 0.121. The monoisotopic (exact) mass is 590 g/mol. The average molecular weight is 591 g/mol. The standard InChI is InChI=1S/C29H38N10O4/c1-42-22-13-11-20(12-14-22)19-32-28-34-27(35-29(36-28)33-21-9-5-4-6-10-21)31-18-8-3-2-7-17-30-23-15-16-24(39(40)41)26-25(23)37-43-38-26/h11-16,21,30H,2-10,17-19H2,1H3,(H3,31,32,33,34,35,36). The number of hydrogen-bond acceptors (Lipinski definition) is 13. The fourth-order valence-corrected chi connectivity index (χ4v) is 5.12. The van der Waals surface area contributed by atoms with Crippen LogP contribution in [0.4, 0.5) is 29.2 Å². The smallest absolute Gasteiger partial charge is 0.300 e. The molecule has 0 radical (unpaired) electrons. The van der Waals surface area contributed by atoms with Gasteiger partial charge in [-0.15, -0.1) is 0 Å². The molecule has 0 atom stereocenters. The largest absolute Gasteiger partial charge is 0.497 e. The lowest BCUT2D eigenvalue weighted by Crippen LogP contribution is -2.24. The molecule has 2 aromatic heterocycles. The summed E-state index contributed by atoms with van der Waals surface area (Å²) in [4.78, 5) is 24.6. The predicted octanol–water partition coefficient (Wildman–Crippen LogP) is 5.77. The number of rotatable bonds is 16. The first-order valence-corrected chi connectivity index (χ1v) is 14.9. The van der Waals surface area contributed by atoms with Gasteiger partial charge in [-0.3, -0.25) is 10.1 Å². The van der Waals surface area contributed by atoms with E-state index in [9.17, 15) is 10.1 Å². The van der Waals surface area contributed by atoms with Crippen molar-refractivity contribution < 1.29 is 14.3 Å². The van der Waals surface area contributed by atoms with E-state index >= 15 is 0 Å². The first-order chi connectivity index (χ1) is 21.1. The van der Waals surface area contributed by atoms with Crippen molar-refractivity contribution in [2.75, 3.05) is 41.5 Å². The first-order valence-electron chi connectivity index (χ1n) is 14.9. The van der Waals surface area contributed by atoms with Crippen LogP contribution in [0.1, 0.15) is 63.4 Å². The number of nitrogens with zero attached hydrogens (tertiary/aromatic N) is 6. The second-order valence-electron chi connectivity index (χ2n) is 10.6. The molecule has 2 heterocycles. The number of benzene rings is 2. The van der Waals surface area contributed by atoms with E-state index in [1.165, 1.54) is 25.3 Å². The molecule has 5 rings (SSSR count). The molecule has 228 valence electrons. The second-order valence-corrected chi connectivity index (χ2v) is 10.6. The van der Waals surface area contributed by atoms with E-state index in [1.54, 1.807) is 13.2 Å². The van der Waals surface area contributed by atoms with Crippen LogP contribution in [-0.4, -0.2) is 56.4 Å². The van der Waals surface area contributed by atoms with E-state index in [1.807, 2.05) is 24.3 Å². The van der Waals surface area contributed by atoms with E-state index in [4.69, 9.17) is 9.37 Å². The number of non-ortho nitro benzene ring substituents is 1.